The number of fused-ring (bicyclic) bond motifs is 2. The third kappa shape index (κ3) is 5.75. The first kappa shape index (κ1) is 25.0. The first-order chi connectivity index (χ1) is 16.9. The number of ether oxygens (including phenoxy) is 1. The van der Waals surface area contributed by atoms with Crippen LogP contribution in [0.3, 0.4) is 0 Å². The molecule has 2 aromatic rings. The molecule has 0 unspecified atom stereocenters. The standard InChI is InChI=1S/C27H37N5O3/c1-31(2)14-5-4-7-22-23(8-6-9-24(22)35-3)27(34)30-19-15-20-11-12-21(16-19)32(20)25-13-10-18(17-29-25)26(28)33/h6,8-10,13,17,19-21H,4-5,7,11-12,14-16H2,1-3H3,(H2,28,33)(H,30,34)/t19-,20+,21-. The van der Waals surface area contributed by atoms with Crippen LogP contribution in [0.25, 0.3) is 0 Å². The third-order valence-corrected chi connectivity index (χ3v) is 7.24. The summed E-state index contributed by atoms with van der Waals surface area (Å²) < 4.78 is 5.60. The van der Waals surface area contributed by atoms with Gasteiger partial charge >= 0.3 is 0 Å². The van der Waals surface area contributed by atoms with Crippen LogP contribution in [0.2, 0.25) is 0 Å². The fraction of sp³-hybridized carbons (Fsp3) is 0.519. The van der Waals surface area contributed by atoms with Gasteiger partial charge in [-0.25, -0.2) is 4.98 Å². The predicted molar refractivity (Wildman–Crippen MR) is 137 cm³/mol. The summed E-state index contributed by atoms with van der Waals surface area (Å²) in [6, 6.07) is 10.1. The number of primary amides is 1. The molecule has 0 spiro atoms. The van der Waals surface area contributed by atoms with Gasteiger partial charge in [-0.3, -0.25) is 9.59 Å². The number of piperidine rings is 1. The van der Waals surface area contributed by atoms with E-state index < -0.39 is 5.91 Å². The highest BCUT2D eigenvalue weighted by molar-refractivity contribution is 5.96. The molecule has 0 radical (unpaired) electrons. The Balaban J connectivity index is 1.42. The molecule has 2 saturated heterocycles. The monoisotopic (exact) mass is 479 g/mol. The first-order valence-corrected chi connectivity index (χ1v) is 12.5. The molecular formula is C27H37N5O3. The lowest BCUT2D eigenvalue weighted by Gasteiger charge is -2.40. The molecule has 0 aliphatic carbocycles. The summed E-state index contributed by atoms with van der Waals surface area (Å²) in [6.45, 7) is 1.03. The van der Waals surface area contributed by atoms with E-state index in [4.69, 9.17) is 10.5 Å². The Morgan fingerprint density at radius 1 is 1.14 bits per heavy atom. The van der Waals surface area contributed by atoms with Crippen LogP contribution in [0, 0.1) is 0 Å². The minimum atomic E-state index is -0.469. The first-order valence-electron chi connectivity index (χ1n) is 12.5. The molecule has 3 atom stereocenters. The number of carbonyl (C=O) groups excluding carboxylic acids is 2. The van der Waals surface area contributed by atoms with E-state index in [1.807, 2.05) is 24.3 Å². The van der Waals surface area contributed by atoms with Gasteiger partial charge in [0.05, 0.1) is 12.7 Å². The quantitative estimate of drug-likeness (QED) is 0.508. The van der Waals surface area contributed by atoms with Gasteiger partial charge in [-0.1, -0.05) is 6.07 Å². The van der Waals surface area contributed by atoms with Crippen LogP contribution < -0.4 is 20.7 Å². The molecule has 2 aliphatic heterocycles. The zero-order valence-corrected chi connectivity index (χ0v) is 21.0. The van der Waals surface area contributed by atoms with Crippen molar-refractivity contribution in [3.8, 4) is 5.75 Å². The van der Waals surface area contributed by atoms with E-state index in [0.717, 1.165) is 68.6 Å². The van der Waals surface area contributed by atoms with Gasteiger partial charge in [-0.2, -0.15) is 0 Å². The van der Waals surface area contributed by atoms with Crippen molar-refractivity contribution in [1.82, 2.24) is 15.2 Å². The summed E-state index contributed by atoms with van der Waals surface area (Å²) in [5.74, 6) is 1.17. The van der Waals surface area contributed by atoms with E-state index in [0.29, 0.717) is 23.2 Å². The van der Waals surface area contributed by atoms with E-state index in [1.54, 1.807) is 19.4 Å². The molecule has 1 aromatic carbocycles. The van der Waals surface area contributed by atoms with Crippen LogP contribution in [0.5, 0.6) is 5.75 Å². The fourth-order valence-corrected chi connectivity index (χ4v) is 5.57. The maximum absolute atomic E-state index is 13.4. The highest BCUT2D eigenvalue weighted by Crippen LogP contribution is 2.38. The van der Waals surface area contributed by atoms with Crippen LogP contribution in [-0.2, 0) is 6.42 Å². The Bertz CT molecular complexity index is 1030. The topological polar surface area (TPSA) is 101 Å². The van der Waals surface area contributed by atoms with Gasteiger partial charge in [0.1, 0.15) is 11.6 Å². The van der Waals surface area contributed by atoms with E-state index >= 15 is 0 Å². The number of nitrogens with one attached hydrogen (secondary N) is 1. The van der Waals surface area contributed by atoms with Crippen molar-refractivity contribution in [1.29, 1.82) is 0 Å². The van der Waals surface area contributed by atoms with Gasteiger partial charge in [-0.05, 0) is 89.9 Å². The number of aromatic nitrogens is 1. The van der Waals surface area contributed by atoms with E-state index in [1.165, 1.54) is 0 Å². The van der Waals surface area contributed by atoms with E-state index in [2.05, 4.69) is 34.2 Å². The molecular weight excluding hydrogens is 442 g/mol. The van der Waals surface area contributed by atoms with Gasteiger partial charge < -0.3 is 25.6 Å². The summed E-state index contributed by atoms with van der Waals surface area (Å²) >= 11 is 0. The van der Waals surface area contributed by atoms with Crippen LogP contribution in [-0.4, -0.2) is 67.6 Å². The lowest BCUT2D eigenvalue weighted by Crippen LogP contribution is -2.51. The van der Waals surface area contributed by atoms with Crippen molar-refractivity contribution in [2.75, 3.05) is 32.6 Å². The van der Waals surface area contributed by atoms with Crippen molar-refractivity contribution in [2.24, 2.45) is 5.73 Å². The summed E-state index contributed by atoms with van der Waals surface area (Å²) in [5.41, 5.74) is 7.48. The fourth-order valence-electron chi connectivity index (χ4n) is 5.57. The minimum Gasteiger partial charge on any atom is -0.496 e. The number of anilines is 1. The number of nitrogens with zero attached hydrogens (tertiary/aromatic N) is 3. The number of hydrogen-bond acceptors (Lipinski definition) is 6. The van der Waals surface area contributed by atoms with Gasteiger partial charge in [0.25, 0.3) is 5.91 Å². The zero-order valence-electron chi connectivity index (χ0n) is 21.0. The normalized spacial score (nSPS) is 21.3. The molecule has 1 aromatic heterocycles. The second-order valence-corrected chi connectivity index (χ2v) is 9.95. The lowest BCUT2D eigenvalue weighted by molar-refractivity contribution is 0.0924. The van der Waals surface area contributed by atoms with Crippen LogP contribution >= 0.6 is 0 Å². The van der Waals surface area contributed by atoms with Gasteiger partial charge in [0.15, 0.2) is 0 Å². The molecule has 8 nitrogen and oxygen atoms in total. The average Bonchev–Trinajstić information content (AvgIpc) is 3.11. The molecule has 188 valence electrons. The number of nitrogens with two attached hydrogens (primary N) is 1. The number of amides is 2. The second-order valence-electron chi connectivity index (χ2n) is 9.95. The SMILES string of the molecule is COc1cccc(C(=O)N[C@H]2C[C@H]3CC[C@@H](C2)N3c2ccc(C(N)=O)cn2)c1CCCCN(C)C. The Hall–Kier alpha value is -3.13. The van der Waals surface area contributed by atoms with Crippen molar-refractivity contribution < 1.29 is 14.3 Å². The van der Waals surface area contributed by atoms with E-state index in [-0.39, 0.29) is 11.9 Å². The maximum atomic E-state index is 13.4. The van der Waals surface area contributed by atoms with Gasteiger partial charge in [0, 0.05) is 35.4 Å². The van der Waals surface area contributed by atoms with Crippen LogP contribution in [0.4, 0.5) is 5.82 Å². The molecule has 35 heavy (non-hydrogen) atoms. The lowest BCUT2D eigenvalue weighted by atomic mass is 9.95. The van der Waals surface area contributed by atoms with Crippen molar-refractivity contribution >= 4 is 17.6 Å². The van der Waals surface area contributed by atoms with Gasteiger partial charge in [0.2, 0.25) is 5.91 Å². The van der Waals surface area contributed by atoms with Crippen LogP contribution in [0.1, 0.15) is 64.8 Å². The summed E-state index contributed by atoms with van der Waals surface area (Å²) in [5, 5.41) is 3.32. The Kier molecular flexibility index (Phi) is 7.90. The molecule has 4 rings (SSSR count). The molecule has 8 heteroatoms. The van der Waals surface area contributed by atoms with Gasteiger partial charge in [-0.15, -0.1) is 0 Å². The highest BCUT2D eigenvalue weighted by Gasteiger charge is 2.42. The van der Waals surface area contributed by atoms with E-state index in [9.17, 15) is 9.59 Å². The van der Waals surface area contributed by atoms with Crippen molar-refractivity contribution in [2.45, 2.75) is 63.1 Å². The summed E-state index contributed by atoms with van der Waals surface area (Å²) in [7, 11) is 5.82. The third-order valence-electron chi connectivity index (χ3n) is 7.24. The van der Waals surface area contributed by atoms with Crippen molar-refractivity contribution in [3.63, 3.8) is 0 Å². The number of rotatable bonds is 10. The molecule has 0 saturated carbocycles. The maximum Gasteiger partial charge on any atom is 0.251 e. The number of pyridine rings is 1. The number of benzene rings is 1. The molecule has 3 N–H and O–H groups in total. The zero-order chi connectivity index (χ0) is 24.9. The summed E-state index contributed by atoms with van der Waals surface area (Å²) in [4.78, 5) is 33.8. The van der Waals surface area contributed by atoms with Crippen LogP contribution in [0.15, 0.2) is 36.5 Å². The average molecular weight is 480 g/mol. The van der Waals surface area contributed by atoms with Crippen molar-refractivity contribution in [3.05, 3.63) is 53.2 Å². The Morgan fingerprint density at radius 2 is 1.89 bits per heavy atom. The summed E-state index contributed by atoms with van der Waals surface area (Å²) in [6.07, 6.45) is 8.35. The minimum absolute atomic E-state index is 0.0201. The molecule has 2 amide bonds. The second kappa shape index (κ2) is 11.1. The number of hydrogen-bond donors (Lipinski definition) is 2. The molecule has 3 heterocycles. The molecule has 2 fully saturated rings. The largest absolute Gasteiger partial charge is 0.496 e. The Morgan fingerprint density at radius 3 is 2.49 bits per heavy atom. The predicted octanol–water partition coefficient (Wildman–Crippen LogP) is 3.00. The smallest absolute Gasteiger partial charge is 0.251 e. The molecule has 2 bridgehead atoms. The number of unbranched alkanes of at least 4 members (excludes halogenated alkanes) is 1. The Labute approximate surface area is 207 Å². The highest BCUT2D eigenvalue weighted by atomic mass is 16.5. The molecule has 2 aliphatic rings. The number of methoxy groups -OCH3 is 1. The number of carbonyl (C=O) groups is 2.